The molecule has 25 heavy (non-hydrogen) atoms. The van der Waals surface area contributed by atoms with Gasteiger partial charge in [0.25, 0.3) is 0 Å². The molecule has 3 N–H and O–H groups in total. The van der Waals surface area contributed by atoms with Crippen LogP contribution in [0.4, 0.5) is 4.39 Å². The van der Waals surface area contributed by atoms with Crippen molar-refractivity contribution in [2.75, 3.05) is 32.4 Å². The van der Waals surface area contributed by atoms with E-state index >= 15 is 0 Å². The summed E-state index contributed by atoms with van der Waals surface area (Å²) in [5, 5.41) is 6.38. The molecule has 0 amide bonds. The highest BCUT2D eigenvalue weighted by Crippen LogP contribution is 2.48. The number of rotatable bonds is 9. The predicted octanol–water partition coefficient (Wildman–Crippen LogP) is 1.35. The molecule has 0 bridgehead atoms. The number of halogens is 1. The molecule has 1 aromatic carbocycles. The lowest BCUT2D eigenvalue weighted by atomic mass is 9.96. The van der Waals surface area contributed by atoms with Crippen LogP contribution in [0, 0.1) is 5.82 Å². The first-order valence-electron chi connectivity index (χ1n) is 8.57. The van der Waals surface area contributed by atoms with Crippen LogP contribution < -0.4 is 15.4 Å². The number of sulfonamides is 1. The average Bonchev–Trinajstić information content (AvgIpc) is 3.32. The van der Waals surface area contributed by atoms with Crippen molar-refractivity contribution in [3.05, 3.63) is 35.6 Å². The van der Waals surface area contributed by atoms with E-state index in [4.69, 9.17) is 0 Å². The van der Waals surface area contributed by atoms with Crippen molar-refractivity contribution in [3.8, 4) is 0 Å². The second-order valence-electron chi connectivity index (χ2n) is 6.43. The number of nitrogens with zero attached hydrogens (tertiary/aromatic N) is 1. The molecule has 1 fully saturated rings. The molecule has 140 valence electrons. The fraction of sp³-hybridized carbons (Fsp3) is 0.588. The van der Waals surface area contributed by atoms with Crippen LogP contribution in [-0.2, 0) is 15.4 Å². The zero-order valence-electron chi connectivity index (χ0n) is 14.8. The molecule has 1 saturated carbocycles. The van der Waals surface area contributed by atoms with Crippen molar-refractivity contribution in [1.29, 1.82) is 0 Å². The van der Waals surface area contributed by atoms with Gasteiger partial charge in [0.2, 0.25) is 10.0 Å². The highest BCUT2D eigenvalue weighted by atomic mass is 32.2. The second-order valence-corrected chi connectivity index (χ2v) is 8.27. The number of hydrogen-bond acceptors (Lipinski definition) is 3. The fourth-order valence-corrected chi connectivity index (χ4v) is 3.15. The molecule has 2 rings (SSSR count). The summed E-state index contributed by atoms with van der Waals surface area (Å²) in [5.74, 6) is 0.487. The predicted molar refractivity (Wildman–Crippen MR) is 98.8 cm³/mol. The van der Waals surface area contributed by atoms with Gasteiger partial charge in [0.15, 0.2) is 5.96 Å². The van der Waals surface area contributed by atoms with E-state index < -0.39 is 10.0 Å². The lowest BCUT2D eigenvalue weighted by Gasteiger charge is -2.16. The van der Waals surface area contributed by atoms with Gasteiger partial charge in [-0.05, 0) is 43.9 Å². The Morgan fingerprint density at radius 3 is 2.64 bits per heavy atom. The third kappa shape index (κ3) is 6.62. The van der Waals surface area contributed by atoms with E-state index in [1.807, 2.05) is 13.0 Å². The van der Waals surface area contributed by atoms with Crippen molar-refractivity contribution in [1.82, 2.24) is 15.4 Å². The molecule has 0 saturated heterocycles. The van der Waals surface area contributed by atoms with E-state index in [2.05, 4.69) is 20.3 Å². The Bertz CT molecular complexity index is 702. The average molecular weight is 370 g/mol. The van der Waals surface area contributed by atoms with E-state index in [0.717, 1.165) is 31.2 Å². The minimum absolute atomic E-state index is 0.0533. The molecule has 0 atom stereocenters. The van der Waals surface area contributed by atoms with Gasteiger partial charge in [0, 0.05) is 25.0 Å². The summed E-state index contributed by atoms with van der Waals surface area (Å²) in [5.41, 5.74) is 0.951. The Morgan fingerprint density at radius 1 is 1.28 bits per heavy atom. The lowest BCUT2D eigenvalue weighted by Crippen LogP contribution is -2.39. The number of benzene rings is 1. The van der Waals surface area contributed by atoms with Gasteiger partial charge >= 0.3 is 0 Å². The summed E-state index contributed by atoms with van der Waals surface area (Å²) in [6, 6.07) is 6.76. The van der Waals surface area contributed by atoms with Gasteiger partial charge in [-0.15, -0.1) is 0 Å². The van der Waals surface area contributed by atoms with E-state index in [9.17, 15) is 12.8 Å². The topological polar surface area (TPSA) is 82.6 Å². The highest BCUT2D eigenvalue weighted by Gasteiger charge is 2.44. The van der Waals surface area contributed by atoms with E-state index in [1.54, 1.807) is 12.1 Å². The molecule has 0 radical (unpaired) electrons. The molecule has 6 nitrogen and oxygen atoms in total. The van der Waals surface area contributed by atoms with Gasteiger partial charge in [0.05, 0.1) is 12.8 Å². The van der Waals surface area contributed by atoms with E-state index in [1.165, 1.54) is 6.07 Å². The summed E-state index contributed by atoms with van der Waals surface area (Å²) < 4.78 is 37.9. The van der Waals surface area contributed by atoms with Gasteiger partial charge in [0.1, 0.15) is 5.82 Å². The second kappa shape index (κ2) is 8.62. The Labute approximate surface area is 149 Å². The number of aliphatic imine (C=N–C) groups is 1. The number of hydrogen-bond donors (Lipinski definition) is 3. The van der Waals surface area contributed by atoms with Crippen molar-refractivity contribution >= 4 is 16.0 Å². The Hall–Kier alpha value is -1.67. The smallest absolute Gasteiger partial charge is 0.208 e. The molecule has 1 aromatic rings. The molecule has 0 spiro atoms. The SMILES string of the molecule is CCNC(=NCC1(c2cccc(F)c2)CC1)NCCCNS(C)(=O)=O. The van der Waals surface area contributed by atoms with E-state index in [0.29, 0.717) is 32.0 Å². The van der Waals surface area contributed by atoms with Crippen LogP contribution in [0.15, 0.2) is 29.3 Å². The van der Waals surface area contributed by atoms with Crippen molar-refractivity contribution in [2.45, 2.75) is 31.6 Å². The maximum Gasteiger partial charge on any atom is 0.208 e. The summed E-state index contributed by atoms with van der Waals surface area (Å²) in [6.07, 6.45) is 3.83. The zero-order valence-corrected chi connectivity index (χ0v) is 15.6. The third-order valence-corrected chi connectivity index (χ3v) is 4.91. The quantitative estimate of drug-likeness (QED) is 0.348. The minimum atomic E-state index is -3.14. The Morgan fingerprint density at radius 2 is 2.04 bits per heavy atom. The molecular weight excluding hydrogens is 343 g/mol. The Kier molecular flexibility index (Phi) is 6.78. The van der Waals surface area contributed by atoms with Gasteiger partial charge < -0.3 is 10.6 Å². The maximum absolute atomic E-state index is 13.5. The van der Waals surface area contributed by atoms with Crippen molar-refractivity contribution in [2.24, 2.45) is 4.99 Å². The van der Waals surface area contributed by atoms with Gasteiger partial charge in [-0.2, -0.15) is 0 Å². The molecule has 8 heteroatoms. The zero-order chi connectivity index (χ0) is 18.3. The molecule has 0 unspecified atom stereocenters. The summed E-state index contributed by atoms with van der Waals surface area (Å²) >= 11 is 0. The van der Waals surface area contributed by atoms with Gasteiger partial charge in [-0.1, -0.05) is 12.1 Å². The Balaban J connectivity index is 1.87. The lowest BCUT2D eigenvalue weighted by molar-refractivity contribution is 0.584. The molecule has 1 aliphatic carbocycles. The van der Waals surface area contributed by atoms with Crippen molar-refractivity contribution < 1.29 is 12.8 Å². The van der Waals surface area contributed by atoms with Crippen LogP contribution in [0.25, 0.3) is 0 Å². The first kappa shape index (κ1) is 19.7. The first-order valence-corrected chi connectivity index (χ1v) is 10.5. The summed E-state index contributed by atoms with van der Waals surface area (Å²) in [6.45, 7) is 4.33. The fourth-order valence-electron chi connectivity index (χ4n) is 2.63. The van der Waals surface area contributed by atoms with Crippen LogP contribution in [0.2, 0.25) is 0 Å². The standard InChI is InChI=1S/C17H27FN4O2S/c1-3-19-16(20-10-5-11-22-25(2,23)24)21-13-17(8-9-17)14-6-4-7-15(18)12-14/h4,6-7,12,22H,3,5,8-11,13H2,1-2H3,(H2,19,20,21). The molecular formula is C17H27FN4O2S. The normalized spacial score (nSPS) is 16.5. The van der Waals surface area contributed by atoms with Crippen LogP contribution in [0.1, 0.15) is 31.7 Å². The van der Waals surface area contributed by atoms with Gasteiger partial charge in [-0.3, -0.25) is 4.99 Å². The monoisotopic (exact) mass is 370 g/mol. The largest absolute Gasteiger partial charge is 0.357 e. The summed E-state index contributed by atoms with van der Waals surface area (Å²) in [4.78, 5) is 4.63. The van der Waals surface area contributed by atoms with Crippen LogP contribution in [0.5, 0.6) is 0 Å². The maximum atomic E-state index is 13.5. The van der Waals surface area contributed by atoms with Crippen LogP contribution >= 0.6 is 0 Å². The molecule has 0 aromatic heterocycles. The first-order chi connectivity index (χ1) is 11.8. The minimum Gasteiger partial charge on any atom is -0.357 e. The number of nitrogens with one attached hydrogen (secondary N) is 3. The van der Waals surface area contributed by atoms with Crippen molar-refractivity contribution in [3.63, 3.8) is 0 Å². The molecule has 0 heterocycles. The van der Waals surface area contributed by atoms with Crippen LogP contribution in [0.3, 0.4) is 0 Å². The van der Waals surface area contributed by atoms with Gasteiger partial charge in [-0.25, -0.2) is 17.5 Å². The molecule has 0 aliphatic heterocycles. The number of guanidine groups is 1. The van der Waals surface area contributed by atoms with E-state index in [-0.39, 0.29) is 11.2 Å². The third-order valence-electron chi connectivity index (χ3n) is 4.18. The van der Waals surface area contributed by atoms with Crippen LogP contribution in [-0.4, -0.2) is 46.8 Å². The molecule has 1 aliphatic rings. The summed E-state index contributed by atoms with van der Waals surface area (Å²) in [7, 11) is -3.14. The highest BCUT2D eigenvalue weighted by molar-refractivity contribution is 7.88.